The van der Waals surface area contributed by atoms with Gasteiger partial charge in [0.05, 0.1) is 9.95 Å². The standard InChI is InChI=1S/C16H14ClNO5/c1-10-4-3-5-14(11(10)2)22-9-16(19)23-15-7-6-12(18(20)21)8-13(15)17/h3-8H,9H2,1-2H3. The molecule has 2 rings (SSSR count). The number of hydrogen-bond donors (Lipinski definition) is 0. The predicted molar refractivity (Wildman–Crippen MR) is 85.2 cm³/mol. The minimum atomic E-state index is -0.651. The molecule has 0 aliphatic carbocycles. The highest BCUT2D eigenvalue weighted by molar-refractivity contribution is 6.32. The number of ether oxygens (including phenoxy) is 2. The fourth-order valence-corrected chi connectivity index (χ4v) is 2.07. The monoisotopic (exact) mass is 335 g/mol. The quantitative estimate of drug-likeness (QED) is 0.359. The van der Waals surface area contributed by atoms with E-state index in [4.69, 9.17) is 21.1 Å². The summed E-state index contributed by atoms with van der Waals surface area (Å²) >= 11 is 5.86. The summed E-state index contributed by atoms with van der Waals surface area (Å²) in [5, 5.41) is 10.6. The number of benzene rings is 2. The Hall–Kier alpha value is -2.60. The molecule has 0 bridgehead atoms. The summed E-state index contributed by atoms with van der Waals surface area (Å²) in [5.41, 5.74) is 1.81. The van der Waals surface area contributed by atoms with E-state index in [0.29, 0.717) is 5.75 Å². The molecule has 0 atom stereocenters. The highest BCUT2D eigenvalue weighted by Crippen LogP contribution is 2.29. The number of halogens is 1. The van der Waals surface area contributed by atoms with E-state index in [-0.39, 0.29) is 23.1 Å². The normalized spacial score (nSPS) is 10.2. The third-order valence-corrected chi connectivity index (χ3v) is 3.55. The Kier molecular flexibility index (Phi) is 5.18. The Morgan fingerprint density at radius 3 is 2.61 bits per heavy atom. The van der Waals surface area contributed by atoms with Crippen molar-refractivity contribution in [1.29, 1.82) is 0 Å². The van der Waals surface area contributed by atoms with Crippen LogP contribution in [0.1, 0.15) is 11.1 Å². The highest BCUT2D eigenvalue weighted by atomic mass is 35.5. The molecule has 0 fully saturated rings. The first kappa shape index (κ1) is 16.8. The first-order valence-corrected chi connectivity index (χ1v) is 7.10. The summed E-state index contributed by atoms with van der Waals surface area (Å²) in [4.78, 5) is 21.9. The van der Waals surface area contributed by atoms with E-state index in [9.17, 15) is 14.9 Å². The molecule has 0 unspecified atom stereocenters. The molecule has 0 aliphatic rings. The topological polar surface area (TPSA) is 78.7 Å². The van der Waals surface area contributed by atoms with E-state index in [1.165, 1.54) is 12.1 Å². The van der Waals surface area contributed by atoms with Gasteiger partial charge in [-0.2, -0.15) is 0 Å². The molecule has 0 aliphatic heterocycles. The maximum atomic E-state index is 11.8. The third-order valence-electron chi connectivity index (χ3n) is 3.25. The molecule has 6 nitrogen and oxygen atoms in total. The summed E-state index contributed by atoms with van der Waals surface area (Å²) < 4.78 is 10.5. The SMILES string of the molecule is Cc1cccc(OCC(=O)Oc2ccc([N+](=O)[O-])cc2Cl)c1C. The summed E-state index contributed by atoms with van der Waals surface area (Å²) in [6, 6.07) is 9.13. The maximum Gasteiger partial charge on any atom is 0.349 e. The zero-order chi connectivity index (χ0) is 17.0. The van der Waals surface area contributed by atoms with Gasteiger partial charge in [0.1, 0.15) is 11.5 Å². The minimum Gasteiger partial charge on any atom is -0.482 e. The first-order chi connectivity index (χ1) is 10.9. The molecule has 120 valence electrons. The molecule has 0 saturated carbocycles. The fraction of sp³-hybridized carbons (Fsp3) is 0.188. The number of non-ortho nitro benzene ring substituents is 1. The molecule has 2 aromatic carbocycles. The van der Waals surface area contributed by atoms with E-state index in [1.807, 2.05) is 26.0 Å². The molecule has 7 heteroatoms. The lowest BCUT2D eigenvalue weighted by atomic mass is 10.1. The molecular formula is C16H14ClNO5. The second-order valence-electron chi connectivity index (χ2n) is 4.83. The molecule has 0 saturated heterocycles. The summed E-state index contributed by atoms with van der Waals surface area (Å²) in [7, 11) is 0. The van der Waals surface area contributed by atoms with Crippen LogP contribution < -0.4 is 9.47 Å². The second-order valence-corrected chi connectivity index (χ2v) is 5.24. The second kappa shape index (κ2) is 7.11. The predicted octanol–water partition coefficient (Wildman–Crippen LogP) is 3.85. The Morgan fingerprint density at radius 2 is 1.96 bits per heavy atom. The number of nitro benzene ring substituents is 1. The zero-order valence-corrected chi connectivity index (χ0v) is 13.3. The Labute approximate surface area is 137 Å². The van der Waals surface area contributed by atoms with Crippen molar-refractivity contribution >= 4 is 23.3 Å². The van der Waals surface area contributed by atoms with Crippen molar-refractivity contribution in [2.45, 2.75) is 13.8 Å². The van der Waals surface area contributed by atoms with Gasteiger partial charge >= 0.3 is 5.97 Å². The number of nitrogens with zero attached hydrogens (tertiary/aromatic N) is 1. The first-order valence-electron chi connectivity index (χ1n) is 6.72. The minimum absolute atomic E-state index is 0.0145. The lowest BCUT2D eigenvalue weighted by Crippen LogP contribution is -2.18. The van der Waals surface area contributed by atoms with Gasteiger partial charge in [0.25, 0.3) is 5.69 Å². The Bertz CT molecular complexity index is 760. The van der Waals surface area contributed by atoms with Gasteiger partial charge in [0, 0.05) is 12.1 Å². The van der Waals surface area contributed by atoms with Crippen molar-refractivity contribution in [1.82, 2.24) is 0 Å². The molecule has 0 spiro atoms. The van der Waals surface area contributed by atoms with Gasteiger partial charge < -0.3 is 9.47 Å². The van der Waals surface area contributed by atoms with Crippen LogP contribution in [0, 0.1) is 24.0 Å². The van der Waals surface area contributed by atoms with Gasteiger partial charge in [-0.3, -0.25) is 10.1 Å². The number of carbonyl (C=O) groups excluding carboxylic acids is 1. The maximum absolute atomic E-state index is 11.8. The Balaban J connectivity index is 2.00. The molecule has 0 heterocycles. The fourth-order valence-electron chi connectivity index (χ4n) is 1.86. The van der Waals surface area contributed by atoms with Crippen molar-refractivity contribution in [3.63, 3.8) is 0 Å². The van der Waals surface area contributed by atoms with Gasteiger partial charge in [-0.15, -0.1) is 0 Å². The smallest absolute Gasteiger partial charge is 0.349 e. The van der Waals surface area contributed by atoms with Crippen LogP contribution in [0.4, 0.5) is 5.69 Å². The zero-order valence-electron chi connectivity index (χ0n) is 12.5. The van der Waals surface area contributed by atoms with Crippen LogP contribution in [-0.2, 0) is 4.79 Å². The van der Waals surface area contributed by atoms with Crippen molar-refractivity contribution in [2.24, 2.45) is 0 Å². The van der Waals surface area contributed by atoms with Crippen molar-refractivity contribution in [3.8, 4) is 11.5 Å². The number of carbonyl (C=O) groups is 1. The van der Waals surface area contributed by atoms with Crippen LogP contribution in [0.25, 0.3) is 0 Å². The van der Waals surface area contributed by atoms with Crippen LogP contribution in [0.3, 0.4) is 0 Å². The van der Waals surface area contributed by atoms with Gasteiger partial charge in [-0.05, 0) is 37.1 Å². The van der Waals surface area contributed by atoms with Gasteiger partial charge in [0.2, 0.25) is 0 Å². The lowest BCUT2D eigenvalue weighted by molar-refractivity contribution is -0.384. The summed E-state index contributed by atoms with van der Waals surface area (Å²) in [6.07, 6.45) is 0. The summed E-state index contributed by atoms with van der Waals surface area (Å²) in [5.74, 6) is -0.00904. The Morgan fingerprint density at radius 1 is 1.22 bits per heavy atom. The van der Waals surface area contributed by atoms with Crippen LogP contribution >= 0.6 is 11.6 Å². The molecule has 0 aromatic heterocycles. The van der Waals surface area contributed by atoms with Crippen LogP contribution in [0.5, 0.6) is 11.5 Å². The van der Waals surface area contributed by atoms with E-state index in [2.05, 4.69) is 0 Å². The van der Waals surface area contributed by atoms with Gasteiger partial charge in [-0.25, -0.2) is 4.79 Å². The van der Waals surface area contributed by atoms with Crippen molar-refractivity contribution in [3.05, 3.63) is 62.7 Å². The average molecular weight is 336 g/mol. The van der Waals surface area contributed by atoms with E-state index >= 15 is 0 Å². The van der Waals surface area contributed by atoms with Crippen LogP contribution in [0.2, 0.25) is 5.02 Å². The molecule has 2 aromatic rings. The van der Waals surface area contributed by atoms with E-state index in [0.717, 1.165) is 17.2 Å². The molecule has 23 heavy (non-hydrogen) atoms. The molecular weight excluding hydrogens is 322 g/mol. The number of nitro groups is 1. The lowest BCUT2D eigenvalue weighted by Gasteiger charge is -2.11. The average Bonchev–Trinajstić information content (AvgIpc) is 2.50. The van der Waals surface area contributed by atoms with Crippen molar-refractivity contribution < 1.29 is 19.2 Å². The number of hydrogen-bond acceptors (Lipinski definition) is 5. The molecule has 0 radical (unpaired) electrons. The molecule has 0 amide bonds. The van der Waals surface area contributed by atoms with Crippen LogP contribution in [0.15, 0.2) is 36.4 Å². The van der Waals surface area contributed by atoms with Gasteiger partial charge in [-0.1, -0.05) is 23.7 Å². The third kappa shape index (κ3) is 4.20. The molecule has 0 N–H and O–H groups in total. The number of rotatable bonds is 5. The van der Waals surface area contributed by atoms with E-state index in [1.54, 1.807) is 6.07 Å². The van der Waals surface area contributed by atoms with Gasteiger partial charge in [0.15, 0.2) is 6.61 Å². The van der Waals surface area contributed by atoms with Crippen LogP contribution in [-0.4, -0.2) is 17.5 Å². The summed E-state index contributed by atoms with van der Waals surface area (Å²) in [6.45, 7) is 3.54. The van der Waals surface area contributed by atoms with E-state index < -0.39 is 10.9 Å². The number of aryl methyl sites for hydroxylation is 1. The highest BCUT2D eigenvalue weighted by Gasteiger charge is 2.14. The van der Waals surface area contributed by atoms with Crippen molar-refractivity contribution in [2.75, 3.05) is 6.61 Å². The number of esters is 1. The largest absolute Gasteiger partial charge is 0.482 e.